The molecule has 0 N–H and O–H groups in total. The van der Waals surface area contributed by atoms with E-state index < -0.39 is 0 Å². The minimum absolute atomic E-state index is 0.0232. The molecule has 0 aliphatic heterocycles. The number of Topliss-reactive ketones (excluding diaryl/α,β-unsaturated/α-hetero) is 1. The van der Waals surface area contributed by atoms with Crippen LogP contribution in [0.15, 0.2) is 36.4 Å². The van der Waals surface area contributed by atoms with E-state index in [-0.39, 0.29) is 11.6 Å². The van der Waals surface area contributed by atoms with E-state index in [9.17, 15) is 9.18 Å². The Bertz CT molecular complexity index is 589. The summed E-state index contributed by atoms with van der Waals surface area (Å²) >= 11 is 0. The van der Waals surface area contributed by atoms with Gasteiger partial charge in [0.1, 0.15) is 5.82 Å². The van der Waals surface area contributed by atoms with Crippen LogP contribution >= 0.6 is 0 Å². The highest BCUT2D eigenvalue weighted by Crippen LogP contribution is 2.18. The standard InChI is InChI=1S/C17H17FO/c1-11-8-12(2)16(13(3)9-11)10-17(19)14-4-6-15(18)7-5-14/h4-9H,10H2,1-3H3. The van der Waals surface area contributed by atoms with Crippen molar-refractivity contribution in [2.75, 3.05) is 0 Å². The number of ketones is 1. The van der Waals surface area contributed by atoms with Crippen molar-refractivity contribution in [1.82, 2.24) is 0 Å². The van der Waals surface area contributed by atoms with Crippen LogP contribution in [0.4, 0.5) is 4.39 Å². The van der Waals surface area contributed by atoms with Crippen LogP contribution in [-0.2, 0) is 6.42 Å². The number of benzene rings is 2. The van der Waals surface area contributed by atoms with Crippen molar-refractivity contribution < 1.29 is 9.18 Å². The molecule has 0 aliphatic rings. The molecule has 98 valence electrons. The Morgan fingerprint density at radius 3 is 2.05 bits per heavy atom. The normalized spacial score (nSPS) is 10.5. The summed E-state index contributed by atoms with van der Waals surface area (Å²) in [5.41, 5.74) is 5.09. The SMILES string of the molecule is Cc1cc(C)c(CC(=O)c2ccc(F)cc2)c(C)c1. The maximum Gasteiger partial charge on any atom is 0.167 e. The highest BCUT2D eigenvalue weighted by molar-refractivity contribution is 5.97. The van der Waals surface area contributed by atoms with Gasteiger partial charge in [0, 0.05) is 12.0 Å². The quantitative estimate of drug-likeness (QED) is 0.753. The van der Waals surface area contributed by atoms with E-state index in [0.717, 1.165) is 16.7 Å². The molecular formula is C17H17FO. The fourth-order valence-electron chi connectivity index (χ4n) is 2.39. The summed E-state index contributed by atoms with van der Waals surface area (Å²) in [5.74, 6) is -0.297. The van der Waals surface area contributed by atoms with Gasteiger partial charge < -0.3 is 0 Å². The molecule has 0 heterocycles. The molecule has 2 rings (SSSR count). The summed E-state index contributed by atoms with van der Waals surface area (Å²) in [7, 11) is 0. The van der Waals surface area contributed by atoms with Crippen LogP contribution in [0.3, 0.4) is 0 Å². The number of carbonyl (C=O) groups excluding carboxylic acids is 1. The number of aryl methyl sites for hydroxylation is 3. The Hall–Kier alpha value is -1.96. The lowest BCUT2D eigenvalue weighted by atomic mass is 9.94. The van der Waals surface area contributed by atoms with Gasteiger partial charge in [0.05, 0.1) is 0 Å². The van der Waals surface area contributed by atoms with Crippen LogP contribution in [0.1, 0.15) is 32.6 Å². The molecule has 0 atom stereocenters. The molecule has 19 heavy (non-hydrogen) atoms. The van der Waals surface area contributed by atoms with Gasteiger partial charge in [-0.1, -0.05) is 17.7 Å². The van der Waals surface area contributed by atoms with Gasteiger partial charge in [-0.2, -0.15) is 0 Å². The fourth-order valence-corrected chi connectivity index (χ4v) is 2.39. The molecule has 0 saturated carbocycles. The van der Waals surface area contributed by atoms with Crippen LogP contribution in [0.25, 0.3) is 0 Å². The molecule has 0 aliphatic carbocycles. The predicted octanol–water partition coefficient (Wildman–Crippen LogP) is 4.18. The number of rotatable bonds is 3. The van der Waals surface area contributed by atoms with E-state index >= 15 is 0 Å². The second kappa shape index (κ2) is 5.35. The van der Waals surface area contributed by atoms with Crippen molar-refractivity contribution in [2.45, 2.75) is 27.2 Å². The van der Waals surface area contributed by atoms with Crippen LogP contribution in [-0.4, -0.2) is 5.78 Å². The lowest BCUT2D eigenvalue weighted by molar-refractivity contribution is 0.0992. The first-order valence-electron chi connectivity index (χ1n) is 6.33. The first-order chi connectivity index (χ1) is 8.97. The van der Waals surface area contributed by atoms with Gasteiger partial charge in [-0.05, 0) is 61.7 Å². The van der Waals surface area contributed by atoms with E-state index in [1.165, 1.54) is 29.8 Å². The summed E-state index contributed by atoms with van der Waals surface area (Å²) in [6.45, 7) is 6.09. The third-order valence-corrected chi connectivity index (χ3v) is 3.34. The lowest BCUT2D eigenvalue weighted by Crippen LogP contribution is -2.07. The van der Waals surface area contributed by atoms with Crippen molar-refractivity contribution in [3.63, 3.8) is 0 Å². The number of hydrogen-bond donors (Lipinski definition) is 0. The van der Waals surface area contributed by atoms with Crippen LogP contribution in [0, 0.1) is 26.6 Å². The second-order valence-corrected chi connectivity index (χ2v) is 4.98. The lowest BCUT2D eigenvalue weighted by Gasteiger charge is -2.10. The zero-order valence-electron chi connectivity index (χ0n) is 11.5. The topological polar surface area (TPSA) is 17.1 Å². The van der Waals surface area contributed by atoms with E-state index in [1.807, 2.05) is 20.8 Å². The molecule has 0 unspecified atom stereocenters. The number of halogens is 1. The largest absolute Gasteiger partial charge is 0.294 e. The molecule has 0 saturated heterocycles. The Balaban J connectivity index is 2.26. The maximum absolute atomic E-state index is 12.8. The maximum atomic E-state index is 12.8. The molecule has 0 aromatic heterocycles. The summed E-state index contributed by atoms with van der Waals surface area (Å²) in [6, 6.07) is 9.89. The van der Waals surface area contributed by atoms with Gasteiger partial charge in [0.2, 0.25) is 0 Å². The Labute approximate surface area is 113 Å². The monoisotopic (exact) mass is 256 g/mol. The summed E-state index contributed by atoms with van der Waals surface area (Å²) in [6.07, 6.45) is 0.365. The van der Waals surface area contributed by atoms with Crippen molar-refractivity contribution in [3.05, 3.63) is 70.0 Å². The van der Waals surface area contributed by atoms with Crippen molar-refractivity contribution >= 4 is 5.78 Å². The minimum Gasteiger partial charge on any atom is -0.294 e. The van der Waals surface area contributed by atoms with Gasteiger partial charge in [0.25, 0.3) is 0 Å². The molecule has 2 aromatic rings. The molecule has 0 fully saturated rings. The van der Waals surface area contributed by atoms with Crippen LogP contribution < -0.4 is 0 Å². The molecule has 0 radical (unpaired) electrons. The number of carbonyl (C=O) groups is 1. The highest BCUT2D eigenvalue weighted by Gasteiger charge is 2.11. The smallest absolute Gasteiger partial charge is 0.167 e. The van der Waals surface area contributed by atoms with Gasteiger partial charge in [0.15, 0.2) is 5.78 Å². The molecule has 0 amide bonds. The van der Waals surface area contributed by atoms with Crippen molar-refractivity contribution in [3.8, 4) is 0 Å². The van der Waals surface area contributed by atoms with Gasteiger partial charge in [-0.25, -0.2) is 4.39 Å². The molecule has 0 bridgehead atoms. The van der Waals surface area contributed by atoms with Gasteiger partial charge in [-0.3, -0.25) is 4.79 Å². The van der Waals surface area contributed by atoms with E-state index in [4.69, 9.17) is 0 Å². The van der Waals surface area contributed by atoms with E-state index in [1.54, 1.807) is 0 Å². The minimum atomic E-state index is -0.320. The predicted molar refractivity (Wildman–Crippen MR) is 75.1 cm³/mol. The van der Waals surface area contributed by atoms with Crippen LogP contribution in [0.5, 0.6) is 0 Å². The Morgan fingerprint density at radius 2 is 1.53 bits per heavy atom. The van der Waals surface area contributed by atoms with Crippen molar-refractivity contribution in [2.24, 2.45) is 0 Å². The average molecular weight is 256 g/mol. The third-order valence-electron chi connectivity index (χ3n) is 3.34. The second-order valence-electron chi connectivity index (χ2n) is 4.98. The molecule has 0 spiro atoms. The molecule has 2 heteroatoms. The number of hydrogen-bond acceptors (Lipinski definition) is 1. The Kier molecular flexibility index (Phi) is 3.79. The van der Waals surface area contributed by atoms with E-state index in [2.05, 4.69) is 12.1 Å². The van der Waals surface area contributed by atoms with E-state index in [0.29, 0.717) is 12.0 Å². The fraction of sp³-hybridized carbons (Fsp3) is 0.235. The first kappa shape index (κ1) is 13.5. The highest BCUT2D eigenvalue weighted by atomic mass is 19.1. The molecule has 1 nitrogen and oxygen atoms in total. The third kappa shape index (κ3) is 3.08. The summed E-state index contributed by atoms with van der Waals surface area (Å²) in [5, 5.41) is 0. The Morgan fingerprint density at radius 1 is 1.00 bits per heavy atom. The first-order valence-corrected chi connectivity index (χ1v) is 6.33. The zero-order chi connectivity index (χ0) is 14.0. The summed E-state index contributed by atoms with van der Waals surface area (Å²) in [4.78, 5) is 12.2. The molecule has 2 aromatic carbocycles. The van der Waals surface area contributed by atoms with Gasteiger partial charge in [-0.15, -0.1) is 0 Å². The summed E-state index contributed by atoms with van der Waals surface area (Å²) < 4.78 is 12.8. The molecular weight excluding hydrogens is 239 g/mol. The van der Waals surface area contributed by atoms with Gasteiger partial charge >= 0.3 is 0 Å². The van der Waals surface area contributed by atoms with Crippen molar-refractivity contribution in [1.29, 1.82) is 0 Å². The van der Waals surface area contributed by atoms with Crippen LogP contribution in [0.2, 0.25) is 0 Å². The average Bonchev–Trinajstić information content (AvgIpc) is 2.34. The zero-order valence-corrected chi connectivity index (χ0v) is 11.5.